The highest BCUT2D eigenvalue weighted by molar-refractivity contribution is 14.1. The van der Waals surface area contributed by atoms with Gasteiger partial charge < -0.3 is 4.74 Å². The standard InChI is InChI=1S/C9H9IO/c1-2-7-11-9-6-4-3-5-8(9)10/h2-6H,1,7H2. The molecule has 0 aliphatic heterocycles. The van der Waals surface area contributed by atoms with Crippen molar-refractivity contribution < 1.29 is 4.74 Å². The molecule has 1 aromatic rings. The highest BCUT2D eigenvalue weighted by atomic mass is 127. The predicted octanol–water partition coefficient (Wildman–Crippen LogP) is 2.86. The maximum Gasteiger partial charge on any atom is 0.133 e. The lowest BCUT2D eigenvalue weighted by Gasteiger charge is -2.03. The van der Waals surface area contributed by atoms with Crippen LogP contribution in [0.2, 0.25) is 0 Å². The zero-order valence-corrected chi connectivity index (χ0v) is 8.24. The first-order chi connectivity index (χ1) is 5.34. The summed E-state index contributed by atoms with van der Waals surface area (Å²) in [7, 11) is 0. The van der Waals surface area contributed by atoms with E-state index in [0.29, 0.717) is 6.61 Å². The molecule has 0 saturated heterocycles. The molecular weight excluding hydrogens is 251 g/mol. The third-order valence-corrected chi connectivity index (χ3v) is 2.08. The monoisotopic (exact) mass is 260 g/mol. The minimum atomic E-state index is 0.569. The molecule has 0 aromatic heterocycles. The molecule has 0 aliphatic rings. The molecule has 1 nitrogen and oxygen atoms in total. The summed E-state index contributed by atoms with van der Waals surface area (Å²) in [6.45, 7) is 4.15. The third-order valence-electron chi connectivity index (χ3n) is 1.19. The number of hydrogen-bond donors (Lipinski definition) is 0. The molecular formula is C9H9IO. The Bertz CT molecular complexity index is 245. The van der Waals surface area contributed by atoms with Crippen molar-refractivity contribution in [2.75, 3.05) is 6.61 Å². The molecule has 0 bridgehead atoms. The summed E-state index contributed by atoms with van der Waals surface area (Å²) in [5, 5.41) is 0. The summed E-state index contributed by atoms with van der Waals surface area (Å²) in [6.07, 6.45) is 1.74. The topological polar surface area (TPSA) is 9.23 Å². The van der Waals surface area contributed by atoms with E-state index in [1.54, 1.807) is 6.08 Å². The van der Waals surface area contributed by atoms with Gasteiger partial charge in [-0.25, -0.2) is 0 Å². The molecule has 0 unspecified atom stereocenters. The normalized spacial score (nSPS) is 9.18. The van der Waals surface area contributed by atoms with Crippen LogP contribution < -0.4 is 4.74 Å². The molecule has 0 heterocycles. The van der Waals surface area contributed by atoms with Crippen LogP contribution in [0.3, 0.4) is 0 Å². The van der Waals surface area contributed by atoms with Gasteiger partial charge in [-0.1, -0.05) is 24.8 Å². The van der Waals surface area contributed by atoms with Crippen LogP contribution in [0.5, 0.6) is 5.75 Å². The summed E-state index contributed by atoms with van der Waals surface area (Å²) in [6, 6.07) is 7.91. The lowest BCUT2D eigenvalue weighted by atomic mass is 10.3. The molecule has 0 N–H and O–H groups in total. The first kappa shape index (κ1) is 8.59. The second-order valence-electron chi connectivity index (χ2n) is 2.03. The first-order valence-corrected chi connectivity index (χ1v) is 4.40. The van der Waals surface area contributed by atoms with E-state index >= 15 is 0 Å². The molecule has 0 radical (unpaired) electrons. The quantitative estimate of drug-likeness (QED) is 0.599. The van der Waals surface area contributed by atoms with E-state index < -0.39 is 0 Å². The Kier molecular flexibility index (Phi) is 3.42. The van der Waals surface area contributed by atoms with Crippen molar-refractivity contribution in [2.24, 2.45) is 0 Å². The van der Waals surface area contributed by atoms with Crippen LogP contribution in [0.1, 0.15) is 0 Å². The first-order valence-electron chi connectivity index (χ1n) is 3.33. The summed E-state index contributed by atoms with van der Waals surface area (Å²) in [5.41, 5.74) is 0. The van der Waals surface area contributed by atoms with Gasteiger partial charge in [-0.15, -0.1) is 0 Å². The van der Waals surface area contributed by atoms with E-state index in [1.807, 2.05) is 24.3 Å². The average molecular weight is 260 g/mol. The fourth-order valence-corrected chi connectivity index (χ4v) is 1.25. The van der Waals surface area contributed by atoms with Crippen LogP contribution in [0.4, 0.5) is 0 Å². The van der Waals surface area contributed by atoms with E-state index in [0.717, 1.165) is 9.32 Å². The van der Waals surface area contributed by atoms with Crippen molar-refractivity contribution in [3.63, 3.8) is 0 Å². The Hall–Kier alpha value is -0.510. The number of halogens is 1. The summed E-state index contributed by atoms with van der Waals surface area (Å²) < 4.78 is 6.49. The molecule has 11 heavy (non-hydrogen) atoms. The van der Waals surface area contributed by atoms with Gasteiger partial charge in [-0.05, 0) is 34.7 Å². The average Bonchev–Trinajstić information content (AvgIpc) is 2.03. The van der Waals surface area contributed by atoms with Crippen LogP contribution in [0.25, 0.3) is 0 Å². The van der Waals surface area contributed by atoms with Gasteiger partial charge in [0.25, 0.3) is 0 Å². The van der Waals surface area contributed by atoms with Gasteiger partial charge in [0, 0.05) is 0 Å². The van der Waals surface area contributed by atoms with Crippen molar-refractivity contribution in [3.8, 4) is 5.75 Å². The largest absolute Gasteiger partial charge is 0.488 e. The van der Waals surface area contributed by atoms with Crippen LogP contribution in [0.15, 0.2) is 36.9 Å². The van der Waals surface area contributed by atoms with Gasteiger partial charge in [0.1, 0.15) is 12.4 Å². The van der Waals surface area contributed by atoms with Crippen molar-refractivity contribution in [2.45, 2.75) is 0 Å². The Morgan fingerprint density at radius 2 is 2.18 bits per heavy atom. The van der Waals surface area contributed by atoms with E-state index in [1.165, 1.54) is 0 Å². The molecule has 0 aliphatic carbocycles. The molecule has 0 fully saturated rings. The number of benzene rings is 1. The summed E-state index contributed by atoms with van der Waals surface area (Å²) in [4.78, 5) is 0. The highest BCUT2D eigenvalue weighted by Gasteiger charge is 1.95. The maximum atomic E-state index is 5.36. The lowest BCUT2D eigenvalue weighted by molar-refractivity contribution is 0.360. The molecule has 1 aromatic carbocycles. The number of para-hydroxylation sites is 1. The van der Waals surface area contributed by atoms with Crippen LogP contribution in [-0.4, -0.2) is 6.61 Å². The van der Waals surface area contributed by atoms with Crippen molar-refractivity contribution in [3.05, 3.63) is 40.5 Å². The second kappa shape index (κ2) is 4.38. The van der Waals surface area contributed by atoms with Gasteiger partial charge in [0.2, 0.25) is 0 Å². The van der Waals surface area contributed by atoms with Gasteiger partial charge >= 0.3 is 0 Å². The van der Waals surface area contributed by atoms with Crippen molar-refractivity contribution >= 4 is 22.6 Å². The van der Waals surface area contributed by atoms with Gasteiger partial charge in [0.15, 0.2) is 0 Å². The Balaban J connectivity index is 2.69. The number of hydrogen-bond acceptors (Lipinski definition) is 1. The Labute approximate surface area is 80.2 Å². The van der Waals surface area contributed by atoms with Gasteiger partial charge in [-0.3, -0.25) is 0 Å². The van der Waals surface area contributed by atoms with Gasteiger partial charge in [0.05, 0.1) is 3.57 Å². The third kappa shape index (κ3) is 2.54. The molecule has 58 valence electrons. The molecule has 0 saturated carbocycles. The Morgan fingerprint density at radius 1 is 1.45 bits per heavy atom. The fourth-order valence-electron chi connectivity index (χ4n) is 0.710. The molecule has 2 heteroatoms. The van der Waals surface area contributed by atoms with E-state index in [2.05, 4.69) is 29.2 Å². The van der Waals surface area contributed by atoms with E-state index in [-0.39, 0.29) is 0 Å². The second-order valence-corrected chi connectivity index (χ2v) is 3.19. The minimum Gasteiger partial charge on any atom is -0.488 e. The zero-order valence-electron chi connectivity index (χ0n) is 6.09. The summed E-state index contributed by atoms with van der Waals surface area (Å²) >= 11 is 2.24. The number of ether oxygens (including phenoxy) is 1. The van der Waals surface area contributed by atoms with E-state index in [9.17, 15) is 0 Å². The predicted molar refractivity (Wildman–Crippen MR) is 54.9 cm³/mol. The molecule has 0 amide bonds. The van der Waals surface area contributed by atoms with Crippen molar-refractivity contribution in [1.29, 1.82) is 0 Å². The van der Waals surface area contributed by atoms with Gasteiger partial charge in [-0.2, -0.15) is 0 Å². The Morgan fingerprint density at radius 3 is 2.82 bits per heavy atom. The zero-order chi connectivity index (χ0) is 8.10. The smallest absolute Gasteiger partial charge is 0.133 e. The lowest BCUT2D eigenvalue weighted by Crippen LogP contribution is -1.93. The molecule has 1 rings (SSSR count). The number of rotatable bonds is 3. The van der Waals surface area contributed by atoms with Crippen LogP contribution >= 0.6 is 22.6 Å². The van der Waals surface area contributed by atoms with E-state index in [4.69, 9.17) is 4.74 Å². The summed E-state index contributed by atoms with van der Waals surface area (Å²) in [5.74, 6) is 0.924. The fraction of sp³-hybridized carbons (Fsp3) is 0.111. The van der Waals surface area contributed by atoms with Crippen LogP contribution in [0, 0.1) is 3.57 Å². The maximum absolute atomic E-state index is 5.36. The highest BCUT2D eigenvalue weighted by Crippen LogP contribution is 2.19. The SMILES string of the molecule is C=CCOc1ccccc1I. The van der Waals surface area contributed by atoms with Crippen molar-refractivity contribution in [1.82, 2.24) is 0 Å². The molecule has 0 spiro atoms. The molecule has 0 atom stereocenters. The minimum absolute atomic E-state index is 0.569. The van der Waals surface area contributed by atoms with Crippen LogP contribution in [-0.2, 0) is 0 Å².